The van der Waals surface area contributed by atoms with E-state index in [1.54, 1.807) is 35.7 Å². The zero-order valence-electron chi connectivity index (χ0n) is 13.5. The van der Waals surface area contributed by atoms with E-state index in [2.05, 4.69) is 20.1 Å². The molecule has 4 aromatic heterocycles. The fraction of sp³-hybridized carbons (Fsp3) is 0.0588. The highest BCUT2D eigenvalue weighted by Crippen LogP contribution is 2.30. The van der Waals surface area contributed by atoms with Gasteiger partial charge in [0.15, 0.2) is 5.65 Å². The minimum atomic E-state index is -0.542. The number of imidazole rings is 1. The zero-order chi connectivity index (χ0) is 18.3. The predicted octanol–water partition coefficient (Wildman–Crippen LogP) is 3.21. The minimum Gasteiger partial charge on any atom is -0.358 e. The summed E-state index contributed by atoms with van der Waals surface area (Å²) in [6.07, 6.45) is 2.48. The van der Waals surface area contributed by atoms with Gasteiger partial charge in [-0.25, -0.2) is 13.9 Å². The van der Waals surface area contributed by atoms with Crippen molar-refractivity contribution >= 4 is 11.5 Å². The first-order valence-corrected chi connectivity index (χ1v) is 7.62. The monoisotopic (exact) mass is 350 g/mol. The molecule has 0 radical (unpaired) electrons. The maximum absolute atomic E-state index is 13.1. The van der Waals surface area contributed by atoms with Crippen molar-refractivity contribution in [2.24, 2.45) is 0 Å². The van der Waals surface area contributed by atoms with Crippen LogP contribution in [0.3, 0.4) is 0 Å². The first-order chi connectivity index (χ1) is 12.5. The Morgan fingerprint density at radius 1 is 1.12 bits per heavy atom. The van der Waals surface area contributed by atoms with Crippen molar-refractivity contribution in [3.63, 3.8) is 0 Å². The van der Waals surface area contributed by atoms with Crippen molar-refractivity contribution in [2.45, 2.75) is 6.92 Å². The second-order valence-electron chi connectivity index (χ2n) is 5.53. The lowest BCUT2D eigenvalue weighted by Gasteiger charge is -2.02. The molecule has 0 amide bonds. The second-order valence-corrected chi connectivity index (χ2v) is 5.53. The third kappa shape index (κ3) is 2.55. The third-order valence-electron chi connectivity index (χ3n) is 3.91. The van der Waals surface area contributed by atoms with Gasteiger partial charge in [0.05, 0.1) is 23.1 Å². The van der Waals surface area contributed by atoms with Gasteiger partial charge in [0.25, 0.3) is 0 Å². The van der Waals surface area contributed by atoms with Crippen LogP contribution in [0.25, 0.3) is 28.3 Å². The molecule has 4 aromatic rings. The van der Waals surface area contributed by atoms with Crippen LogP contribution in [0.4, 0.5) is 10.2 Å². The summed E-state index contributed by atoms with van der Waals surface area (Å²) in [5, 5.41) is 15.7. The molecular formula is C17H11FN6O2. The summed E-state index contributed by atoms with van der Waals surface area (Å²) in [4.78, 5) is 23.0. The number of nitro groups is 1. The number of halogens is 1. The fourth-order valence-corrected chi connectivity index (χ4v) is 2.69. The zero-order valence-corrected chi connectivity index (χ0v) is 13.5. The Labute approximate surface area is 146 Å². The van der Waals surface area contributed by atoms with E-state index >= 15 is 0 Å². The van der Waals surface area contributed by atoms with Crippen molar-refractivity contribution in [3.05, 3.63) is 70.4 Å². The topological polar surface area (TPSA) is 99.1 Å². The smallest absolute Gasteiger partial charge is 0.358 e. The Morgan fingerprint density at radius 2 is 1.92 bits per heavy atom. The molecule has 4 rings (SSSR count). The van der Waals surface area contributed by atoms with Crippen LogP contribution in [0.1, 0.15) is 5.69 Å². The number of hydrogen-bond acceptors (Lipinski definition) is 6. The molecule has 0 aliphatic carbocycles. The van der Waals surface area contributed by atoms with Gasteiger partial charge in [-0.05, 0) is 53.2 Å². The second kappa shape index (κ2) is 5.96. The van der Waals surface area contributed by atoms with E-state index in [0.29, 0.717) is 34.0 Å². The van der Waals surface area contributed by atoms with E-state index in [0.717, 1.165) is 6.20 Å². The molecule has 0 saturated heterocycles. The largest absolute Gasteiger partial charge is 0.372 e. The molecule has 0 aromatic carbocycles. The van der Waals surface area contributed by atoms with Gasteiger partial charge in [-0.3, -0.25) is 4.98 Å². The molecule has 0 N–H and O–H groups in total. The SMILES string of the molecule is Cc1c(-c2cccnc2[N+](=O)[O-])nc2ccc(-c3ccc(F)cn3)nn12. The molecule has 0 atom stereocenters. The van der Waals surface area contributed by atoms with E-state index in [-0.39, 0.29) is 5.82 Å². The summed E-state index contributed by atoms with van der Waals surface area (Å²) < 4.78 is 14.6. The third-order valence-corrected chi connectivity index (χ3v) is 3.91. The lowest BCUT2D eigenvalue weighted by atomic mass is 10.1. The van der Waals surface area contributed by atoms with Gasteiger partial charge >= 0.3 is 5.82 Å². The van der Waals surface area contributed by atoms with Gasteiger partial charge in [-0.2, -0.15) is 5.10 Å². The molecule has 26 heavy (non-hydrogen) atoms. The summed E-state index contributed by atoms with van der Waals surface area (Å²) in [6, 6.07) is 9.49. The number of aryl methyl sites for hydroxylation is 1. The van der Waals surface area contributed by atoms with Crippen molar-refractivity contribution in [1.82, 2.24) is 24.6 Å². The number of fused-ring (bicyclic) bond motifs is 1. The maximum Gasteiger partial charge on any atom is 0.372 e. The van der Waals surface area contributed by atoms with Crippen LogP contribution in [0.5, 0.6) is 0 Å². The highest BCUT2D eigenvalue weighted by molar-refractivity contribution is 5.72. The number of nitrogens with zero attached hydrogens (tertiary/aromatic N) is 6. The number of rotatable bonds is 3. The van der Waals surface area contributed by atoms with Crippen LogP contribution in [-0.2, 0) is 0 Å². The molecule has 128 valence electrons. The summed E-state index contributed by atoms with van der Waals surface area (Å²) in [7, 11) is 0. The molecule has 0 spiro atoms. The van der Waals surface area contributed by atoms with Crippen LogP contribution in [0, 0.1) is 22.9 Å². The van der Waals surface area contributed by atoms with Gasteiger partial charge in [0, 0.05) is 0 Å². The van der Waals surface area contributed by atoms with Crippen molar-refractivity contribution < 1.29 is 9.31 Å². The van der Waals surface area contributed by atoms with E-state index in [4.69, 9.17) is 0 Å². The molecule has 0 aliphatic heterocycles. The highest BCUT2D eigenvalue weighted by atomic mass is 19.1. The number of pyridine rings is 2. The minimum absolute atomic E-state index is 0.264. The van der Waals surface area contributed by atoms with E-state index < -0.39 is 10.7 Å². The van der Waals surface area contributed by atoms with E-state index in [9.17, 15) is 14.5 Å². The Hall–Kier alpha value is -3.75. The normalized spacial score (nSPS) is 11.0. The Morgan fingerprint density at radius 3 is 2.65 bits per heavy atom. The first-order valence-electron chi connectivity index (χ1n) is 7.62. The summed E-state index contributed by atoms with van der Waals surface area (Å²) in [5.41, 5.74) is 2.95. The molecule has 0 saturated carbocycles. The molecule has 0 bridgehead atoms. The average Bonchev–Trinajstić information content (AvgIpc) is 2.98. The van der Waals surface area contributed by atoms with Crippen molar-refractivity contribution in [1.29, 1.82) is 0 Å². The molecule has 9 heteroatoms. The lowest BCUT2D eigenvalue weighted by molar-refractivity contribution is -0.388. The van der Waals surface area contributed by atoms with Crippen molar-refractivity contribution in [3.8, 4) is 22.6 Å². The predicted molar refractivity (Wildman–Crippen MR) is 90.8 cm³/mol. The highest BCUT2D eigenvalue weighted by Gasteiger charge is 2.21. The molecule has 4 heterocycles. The Balaban J connectivity index is 1.88. The van der Waals surface area contributed by atoms with Gasteiger partial charge in [0.1, 0.15) is 23.4 Å². The Bertz CT molecular complexity index is 1140. The van der Waals surface area contributed by atoms with Crippen molar-refractivity contribution in [2.75, 3.05) is 0 Å². The van der Waals surface area contributed by atoms with Crippen LogP contribution in [0.15, 0.2) is 48.8 Å². The summed E-state index contributed by atoms with van der Waals surface area (Å²) in [5.74, 6) is -0.695. The molecule has 0 fully saturated rings. The quantitative estimate of drug-likeness (QED) is 0.415. The number of hydrogen-bond donors (Lipinski definition) is 0. The van der Waals surface area contributed by atoms with Crippen LogP contribution < -0.4 is 0 Å². The Kier molecular flexibility index (Phi) is 3.61. The van der Waals surface area contributed by atoms with Gasteiger partial charge < -0.3 is 10.1 Å². The number of aromatic nitrogens is 5. The standard InChI is InChI=1S/C17H11FN6O2/c1-10-16(12-3-2-8-19-17(12)24(25)26)21-15-7-6-14(22-23(10)15)13-5-4-11(18)9-20-13/h2-9H,1H3. The lowest BCUT2D eigenvalue weighted by Crippen LogP contribution is -1.98. The van der Waals surface area contributed by atoms with Gasteiger partial charge in [0.2, 0.25) is 0 Å². The summed E-state index contributed by atoms with van der Waals surface area (Å²) in [6.45, 7) is 1.76. The van der Waals surface area contributed by atoms with Crippen LogP contribution in [-0.4, -0.2) is 29.5 Å². The fourth-order valence-electron chi connectivity index (χ4n) is 2.69. The average molecular weight is 350 g/mol. The van der Waals surface area contributed by atoms with E-state index in [1.165, 1.54) is 18.3 Å². The van der Waals surface area contributed by atoms with E-state index in [1.807, 2.05) is 0 Å². The molecule has 0 unspecified atom stereocenters. The van der Waals surface area contributed by atoms with Crippen LogP contribution >= 0.6 is 0 Å². The van der Waals surface area contributed by atoms with Gasteiger partial charge in [-0.15, -0.1) is 0 Å². The first kappa shape index (κ1) is 15.8. The molecule has 0 aliphatic rings. The summed E-state index contributed by atoms with van der Waals surface area (Å²) >= 11 is 0. The molecular weight excluding hydrogens is 339 g/mol. The van der Waals surface area contributed by atoms with Crippen LogP contribution in [0.2, 0.25) is 0 Å². The molecule has 8 nitrogen and oxygen atoms in total. The van der Waals surface area contributed by atoms with Gasteiger partial charge in [-0.1, -0.05) is 0 Å². The maximum atomic E-state index is 13.1.